The van der Waals surface area contributed by atoms with Crippen molar-refractivity contribution in [3.05, 3.63) is 83.6 Å². The molecule has 0 unspecified atom stereocenters. The van der Waals surface area contributed by atoms with Gasteiger partial charge >= 0.3 is 5.97 Å². The summed E-state index contributed by atoms with van der Waals surface area (Å²) in [5.41, 5.74) is 5.85. The van der Waals surface area contributed by atoms with Crippen molar-refractivity contribution in [2.45, 2.75) is 12.8 Å². The number of hydrogen-bond acceptors (Lipinski definition) is 4. The molecule has 2 aromatic carbocycles. The van der Waals surface area contributed by atoms with Gasteiger partial charge in [0, 0.05) is 39.3 Å². The quantitative estimate of drug-likeness (QED) is 0.493. The van der Waals surface area contributed by atoms with Crippen LogP contribution in [0.15, 0.2) is 66.9 Å². The molecule has 31 heavy (non-hydrogen) atoms. The van der Waals surface area contributed by atoms with Crippen LogP contribution in [0.3, 0.4) is 0 Å². The van der Waals surface area contributed by atoms with Crippen molar-refractivity contribution in [2.24, 2.45) is 0 Å². The summed E-state index contributed by atoms with van der Waals surface area (Å²) >= 11 is 0. The van der Waals surface area contributed by atoms with Gasteiger partial charge in [-0.2, -0.15) is 5.26 Å². The second kappa shape index (κ2) is 10.3. The molecule has 1 N–H and O–H groups in total. The first-order chi connectivity index (χ1) is 15.0. The Morgan fingerprint density at radius 1 is 1.16 bits per heavy atom. The number of aliphatic carboxylic acids is 1. The van der Waals surface area contributed by atoms with Gasteiger partial charge in [0.25, 0.3) is 0 Å². The van der Waals surface area contributed by atoms with Crippen molar-refractivity contribution in [3.8, 4) is 6.07 Å². The molecule has 0 saturated carbocycles. The third-order valence-corrected chi connectivity index (χ3v) is 5.22. The third kappa shape index (κ3) is 6.10. The first-order valence-electron chi connectivity index (χ1n) is 10.3. The molecule has 0 aromatic heterocycles. The minimum absolute atomic E-state index is 0.191. The fraction of sp³-hybridized carbons (Fsp3) is 0.231. The number of benzene rings is 2. The van der Waals surface area contributed by atoms with Gasteiger partial charge in [-0.05, 0) is 59.2 Å². The lowest BCUT2D eigenvalue weighted by atomic mass is 9.98. The predicted octanol–water partition coefficient (Wildman–Crippen LogP) is 4.89. The molecule has 5 nitrogen and oxygen atoms in total. The second-order valence-electron chi connectivity index (χ2n) is 7.70. The van der Waals surface area contributed by atoms with Crippen LogP contribution in [-0.4, -0.2) is 43.2 Å². The van der Waals surface area contributed by atoms with Crippen molar-refractivity contribution in [1.29, 1.82) is 5.26 Å². The van der Waals surface area contributed by atoms with Crippen LogP contribution >= 0.6 is 0 Å². The fourth-order valence-electron chi connectivity index (χ4n) is 3.40. The summed E-state index contributed by atoms with van der Waals surface area (Å²) in [7, 11) is 4.00. The Balaban J connectivity index is 1.66. The highest BCUT2D eigenvalue weighted by atomic mass is 16.4. The zero-order valence-corrected chi connectivity index (χ0v) is 18.0. The van der Waals surface area contributed by atoms with E-state index in [9.17, 15) is 10.1 Å². The van der Waals surface area contributed by atoms with Gasteiger partial charge in [0.2, 0.25) is 0 Å². The van der Waals surface area contributed by atoms with E-state index in [1.54, 1.807) is 0 Å². The summed E-state index contributed by atoms with van der Waals surface area (Å²) in [4.78, 5) is 14.8. The highest BCUT2D eigenvalue weighted by Crippen LogP contribution is 2.24. The van der Waals surface area contributed by atoms with Gasteiger partial charge in [-0.3, -0.25) is 4.79 Å². The zero-order valence-electron chi connectivity index (χ0n) is 18.0. The molecule has 0 fully saturated rings. The number of rotatable bonds is 8. The largest absolute Gasteiger partial charge is 0.481 e. The van der Waals surface area contributed by atoms with Crippen LogP contribution in [0.25, 0.3) is 17.2 Å². The number of nitrogens with zero attached hydrogens (tertiary/aromatic N) is 3. The molecule has 0 aliphatic carbocycles. The molecule has 1 heterocycles. The van der Waals surface area contributed by atoms with E-state index in [1.807, 2.05) is 85.9 Å². The molecule has 0 radical (unpaired) electrons. The summed E-state index contributed by atoms with van der Waals surface area (Å²) in [5, 5.41) is 18.4. The van der Waals surface area contributed by atoms with Gasteiger partial charge in [0.15, 0.2) is 0 Å². The maximum absolute atomic E-state index is 10.6. The van der Waals surface area contributed by atoms with Gasteiger partial charge in [-0.1, -0.05) is 42.5 Å². The van der Waals surface area contributed by atoms with Gasteiger partial charge in [-0.15, -0.1) is 0 Å². The van der Waals surface area contributed by atoms with Crippen LogP contribution in [0.2, 0.25) is 0 Å². The lowest BCUT2D eigenvalue weighted by molar-refractivity contribution is -0.137. The molecule has 5 heteroatoms. The Morgan fingerprint density at radius 3 is 2.42 bits per heavy atom. The standard InChI is InChI=1S/C26H27N3O2/c1-28(2)25-11-5-20(6-12-25)18-24(19-27)22-9-7-21(8-10-22)23-13-16-29(17-14-23)15-3-4-26(30)31/h5-14,16,18H,3-4,15,17H2,1-2H3,(H,30,31)/b24-18+. The van der Waals surface area contributed by atoms with E-state index in [4.69, 9.17) is 5.11 Å². The number of carbonyl (C=O) groups is 1. The number of nitriles is 1. The van der Waals surface area contributed by atoms with Crippen molar-refractivity contribution < 1.29 is 9.90 Å². The Morgan fingerprint density at radius 2 is 1.87 bits per heavy atom. The van der Waals surface area contributed by atoms with E-state index in [2.05, 4.69) is 17.0 Å². The van der Waals surface area contributed by atoms with Crippen LogP contribution in [0.1, 0.15) is 29.5 Å². The van der Waals surface area contributed by atoms with Crippen LogP contribution in [0.4, 0.5) is 5.69 Å². The normalized spacial score (nSPS) is 13.5. The average Bonchev–Trinajstić information content (AvgIpc) is 2.78. The molecule has 1 aliphatic rings. The minimum atomic E-state index is -0.756. The summed E-state index contributed by atoms with van der Waals surface area (Å²) in [6.07, 6.45) is 8.94. The molecule has 1 aliphatic heterocycles. The average molecular weight is 414 g/mol. The zero-order chi connectivity index (χ0) is 22.2. The number of anilines is 1. The number of hydrogen-bond donors (Lipinski definition) is 1. The predicted molar refractivity (Wildman–Crippen MR) is 126 cm³/mol. The van der Waals surface area contributed by atoms with Crippen LogP contribution in [-0.2, 0) is 4.79 Å². The van der Waals surface area contributed by atoms with Crippen molar-refractivity contribution in [1.82, 2.24) is 4.90 Å². The maximum Gasteiger partial charge on any atom is 0.303 e. The number of allylic oxidation sites excluding steroid dienone is 3. The molecule has 0 saturated heterocycles. The molecule has 0 bridgehead atoms. The second-order valence-corrected chi connectivity index (χ2v) is 7.70. The molecule has 0 amide bonds. The van der Waals surface area contributed by atoms with Gasteiger partial charge in [0.05, 0.1) is 11.6 Å². The molecule has 2 aromatic rings. The first kappa shape index (κ1) is 21.9. The molecular formula is C26H27N3O2. The molecule has 3 rings (SSSR count). The molecule has 0 spiro atoms. The lowest BCUT2D eigenvalue weighted by Gasteiger charge is -2.22. The summed E-state index contributed by atoms with van der Waals surface area (Å²) in [6.45, 7) is 1.50. The Kier molecular flexibility index (Phi) is 7.29. The highest BCUT2D eigenvalue weighted by Gasteiger charge is 2.08. The van der Waals surface area contributed by atoms with E-state index >= 15 is 0 Å². The topological polar surface area (TPSA) is 67.6 Å². The monoisotopic (exact) mass is 413 g/mol. The lowest BCUT2D eigenvalue weighted by Crippen LogP contribution is -2.21. The summed E-state index contributed by atoms with van der Waals surface area (Å²) in [6, 6.07) is 18.4. The summed E-state index contributed by atoms with van der Waals surface area (Å²) < 4.78 is 0. The van der Waals surface area contributed by atoms with Crippen molar-refractivity contribution in [3.63, 3.8) is 0 Å². The van der Waals surface area contributed by atoms with Crippen LogP contribution in [0.5, 0.6) is 0 Å². The molecule has 158 valence electrons. The Hall–Kier alpha value is -3.78. The summed E-state index contributed by atoms with van der Waals surface area (Å²) in [5.74, 6) is -0.756. The number of carboxylic acid groups (broad SMARTS) is 1. The smallest absolute Gasteiger partial charge is 0.303 e. The highest BCUT2D eigenvalue weighted by molar-refractivity contribution is 5.90. The van der Waals surface area contributed by atoms with Crippen molar-refractivity contribution >= 4 is 28.9 Å². The van der Waals surface area contributed by atoms with Gasteiger partial charge in [0.1, 0.15) is 0 Å². The van der Waals surface area contributed by atoms with Crippen molar-refractivity contribution in [2.75, 3.05) is 32.1 Å². The van der Waals surface area contributed by atoms with Crippen LogP contribution in [0, 0.1) is 11.3 Å². The van der Waals surface area contributed by atoms with E-state index < -0.39 is 5.97 Å². The van der Waals surface area contributed by atoms with E-state index in [-0.39, 0.29) is 6.42 Å². The Labute approximate surface area is 183 Å². The number of carboxylic acids is 1. The SMILES string of the molecule is CN(C)c1ccc(/C=C(\C#N)c2ccc(C3=CCN(CCCC(=O)O)C=C3)cc2)cc1. The fourth-order valence-corrected chi connectivity index (χ4v) is 3.40. The molecule has 0 atom stereocenters. The van der Waals surface area contributed by atoms with E-state index in [0.29, 0.717) is 12.0 Å². The maximum atomic E-state index is 10.6. The minimum Gasteiger partial charge on any atom is -0.481 e. The Bertz CT molecular complexity index is 1040. The third-order valence-electron chi connectivity index (χ3n) is 5.22. The van der Waals surface area contributed by atoms with Gasteiger partial charge in [-0.25, -0.2) is 0 Å². The van der Waals surface area contributed by atoms with Crippen LogP contribution < -0.4 is 4.90 Å². The van der Waals surface area contributed by atoms with Gasteiger partial charge < -0.3 is 14.9 Å². The molecular weight excluding hydrogens is 386 g/mol. The van der Waals surface area contributed by atoms with E-state index in [0.717, 1.165) is 41.0 Å². The van der Waals surface area contributed by atoms with E-state index in [1.165, 1.54) is 0 Å². The first-order valence-corrected chi connectivity index (χ1v) is 10.3.